The molecular weight excluding hydrogens is 352 g/mol. The lowest BCUT2D eigenvalue weighted by Crippen LogP contribution is -2.39. The van der Waals surface area contributed by atoms with Gasteiger partial charge < -0.3 is 20.1 Å². The molecule has 2 aromatic rings. The van der Waals surface area contributed by atoms with Gasteiger partial charge in [-0.25, -0.2) is 4.79 Å². The molecule has 7 heteroatoms. The summed E-state index contributed by atoms with van der Waals surface area (Å²) in [4.78, 5) is 32.0. The summed E-state index contributed by atoms with van der Waals surface area (Å²) < 4.78 is 0. The Balaban J connectivity index is 1.60. The van der Waals surface area contributed by atoms with Crippen LogP contribution in [0.5, 0.6) is 0 Å². The van der Waals surface area contributed by atoms with E-state index in [2.05, 4.69) is 10.3 Å². The zero-order valence-electron chi connectivity index (χ0n) is 15.0. The molecule has 1 saturated heterocycles. The van der Waals surface area contributed by atoms with Crippen molar-refractivity contribution in [2.75, 3.05) is 31.5 Å². The van der Waals surface area contributed by atoms with Crippen molar-refractivity contribution in [3.63, 3.8) is 0 Å². The summed E-state index contributed by atoms with van der Waals surface area (Å²) in [6.45, 7) is 6.14. The summed E-state index contributed by atoms with van der Waals surface area (Å²) in [7, 11) is 0. The van der Waals surface area contributed by atoms with Crippen molar-refractivity contribution in [2.24, 2.45) is 0 Å². The monoisotopic (exact) mass is 374 g/mol. The summed E-state index contributed by atoms with van der Waals surface area (Å²) in [6, 6.07) is 8.74. The third-order valence-electron chi connectivity index (χ3n) is 4.55. The summed E-state index contributed by atoms with van der Waals surface area (Å²) in [6.07, 6.45) is 0.752. The molecule has 3 amide bonds. The van der Waals surface area contributed by atoms with Gasteiger partial charge in [-0.1, -0.05) is 11.6 Å². The molecule has 0 atom stereocenters. The van der Waals surface area contributed by atoms with Gasteiger partial charge in [-0.3, -0.25) is 4.79 Å². The topological polar surface area (TPSA) is 68.4 Å². The molecule has 1 fully saturated rings. The molecule has 2 heterocycles. The molecule has 0 saturated carbocycles. The number of nitrogens with zero attached hydrogens (tertiary/aromatic N) is 2. The van der Waals surface area contributed by atoms with Gasteiger partial charge >= 0.3 is 6.03 Å². The van der Waals surface area contributed by atoms with Crippen LogP contribution in [0.2, 0.25) is 5.02 Å². The highest BCUT2D eigenvalue weighted by atomic mass is 35.5. The average Bonchev–Trinajstić information content (AvgIpc) is 2.82. The second-order valence-electron chi connectivity index (χ2n) is 6.56. The number of aromatic amines is 1. The Morgan fingerprint density at radius 1 is 1.04 bits per heavy atom. The SMILES string of the molecule is Cc1cc(C(=O)N2CCCN(C(=O)Nc3ccc(Cl)cc3)CC2)c(C)[nH]1. The molecule has 0 aliphatic carbocycles. The van der Waals surface area contributed by atoms with Crippen molar-refractivity contribution in [3.05, 3.63) is 52.3 Å². The summed E-state index contributed by atoms with van der Waals surface area (Å²) >= 11 is 5.86. The van der Waals surface area contributed by atoms with Crippen molar-refractivity contribution in [1.82, 2.24) is 14.8 Å². The number of rotatable bonds is 2. The predicted octanol–water partition coefficient (Wildman–Crippen LogP) is 3.66. The van der Waals surface area contributed by atoms with Crippen LogP contribution in [0.15, 0.2) is 30.3 Å². The number of anilines is 1. The van der Waals surface area contributed by atoms with Crippen molar-refractivity contribution < 1.29 is 9.59 Å². The van der Waals surface area contributed by atoms with Gasteiger partial charge in [-0.05, 0) is 50.6 Å². The molecule has 0 bridgehead atoms. The van der Waals surface area contributed by atoms with E-state index < -0.39 is 0 Å². The number of hydrogen-bond acceptors (Lipinski definition) is 2. The highest BCUT2D eigenvalue weighted by molar-refractivity contribution is 6.30. The third kappa shape index (κ3) is 4.19. The van der Waals surface area contributed by atoms with Gasteiger partial charge in [0.2, 0.25) is 0 Å². The number of hydrogen-bond donors (Lipinski definition) is 2. The van der Waals surface area contributed by atoms with E-state index in [1.807, 2.05) is 24.8 Å². The number of carbonyl (C=O) groups is 2. The Bertz CT molecular complexity index is 800. The van der Waals surface area contributed by atoms with E-state index in [4.69, 9.17) is 11.6 Å². The first-order valence-corrected chi connectivity index (χ1v) is 9.09. The maximum Gasteiger partial charge on any atom is 0.321 e. The molecule has 0 radical (unpaired) electrons. The number of amides is 3. The van der Waals surface area contributed by atoms with Crippen LogP contribution in [0.3, 0.4) is 0 Å². The molecule has 0 spiro atoms. The van der Waals surface area contributed by atoms with Crippen LogP contribution in [0, 0.1) is 13.8 Å². The van der Waals surface area contributed by atoms with E-state index in [-0.39, 0.29) is 11.9 Å². The number of halogens is 1. The number of benzene rings is 1. The van der Waals surface area contributed by atoms with E-state index in [0.29, 0.717) is 42.5 Å². The molecule has 138 valence electrons. The molecule has 1 aliphatic rings. The van der Waals surface area contributed by atoms with Crippen LogP contribution >= 0.6 is 11.6 Å². The van der Waals surface area contributed by atoms with Crippen molar-refractivity contribution in [1.29, 1.82) is 0 Å². The Morgan fingerprint density at radius 3 is 2.35 bits per heavy atom. The number of carbonyl (C=O) groups excluding carboxylic acids is 2. The van der Waals surface area contributed by atoms with Crippen molar-refractivity contribution in [3.8, 4) is 0 Å². The highest BCUT2D eigenvalue weighted by Crippen LogP contribution is 2.16. The fraction of sp³-hybridized carbons (Fsp3) is 0.368. The molecule has 1 aromatic heterocycles. The second kappa shape index (κ2) is 7.83. The smallest absolute Gasteiger partial charge is 0.321 e. The Hall–Kier alpha value is -2.47. The van der Waals surface area contributed by atoms with Gasteiger partial charge in [0.15, 0.2) is 0 Å². The number of aryl methyl sites for hydroxylation is 2. The molecular formula is C19H23ClN4O2. The van der Waals surface area contributed by atoms with E-state index in [0.717, 1.165) is 17.8 Å². The minimum atomic E-state index is -0.157. The first-order chi connectivity index (χ1) is 12.4. The van der Waals surface area contributed by atoms with Crippen LogP contribution in [-0.4, -0.2) is 52.9 Å². The standard InChI is InChI=1S/C19H23ClN4O2/c1-13-12-17(14(2)21-13)18(25)23-8-3-9-24(11-10-23)19(26)22-16-6-4-15(20)5-7-16/h4-7,12,21H,3,8-11H2,1-2H3,(H,22,26). The van der Waals surface area contributed by atoms with E-state index in [1.165, 1.54) is 0 Å². The zero-order valence-corrected chi connectivity index (χ0v) is 15.8. The fourth-order valence-corrected chi connectivity index (χ4v) is 3.30. The molecule has 26 heavy (non-hydrogen) atoms. The second-order valence-corrected chi connectivity index (χ2v) is 7.00. The van der Waals surface area contributed by atoms with Gasteiger partial charge in [0.05, 0.1) is 5.56 Å². The highest BCUT2D eigenvalue weighted by Gasteiger charge is 2.24. The molecule has 1 aromatic carbocycles. The van der Waals surface area contributed by atoms with Gasteiger partial charge in [0, 0.05) is 48.3 Å². The van der Waals surface area contributed by atoms with Crippen LogP contribution < -0.4 is 5.32 Å². The normalized spacial score (nSPS) is 14.9. The fourth-order valence-electron chi connectivity index (χ4n) is 3.18. The lowest BCUT2D eigenvalue weighted by atomic mass is 10.2. The quantitative estimate of drug-likeness (QED) is 0.842. The number of aromatic nitrogens is 1. The minimum Gasteiger partial charge on any atom is -0.362 e. The summed E-state index contributed by atoms with van der Waals surface area (Å²) in [5.74, 6) is 0.0202. The molecule has 6 nitrogen and oxygen atoms in total. The first-order valence-electron chi connectivity index (χ1n) is 8.71. The predicted molar refractivity (Wildman–Crippen MR) is 103 cm³/mol. The van der Waals surface area contributed by atoms with Crippen LogP contribution in [0.25, 0.3) is 0 Å². The summed E-state index contributed by atoms with van der Waals surface area (Å²) in [5, 5.41) is 3.50. The van der Waals surface area contributed by atoms with Crippen LogP contribution in [-0.2, 0) is 0 Å². The number of nitrogens with one attached hydrogen (secondary N) is 2. The van der Waals surface area contributed by atoms with Gasteiger partial charge in [0.1, 0.15) is 0 Å². The van der Waals surface area contributed by atoms with E-state index in [1.54, 1.807) is 29.2 Å². The van der Waals surface area contributed by atoms with Crippen molar-refractivity contribution in [2.45, 2.75) is 20.3 Å². The number of H-pyrrole nitrogens is 1. The first kappa shape index (κ1) is 18.3. The Kier molecular flexibility index (Phi) is 5.52. The molecule has 2 N–H and O–H groups in total. The van der Waals surface area contributed by atoms with Gasteiger partial charge in [-0.2, -0.15) is 0 Å². The van der Waals surface area contributed by atoms with Gasteiger partial charge in [0.25, 0.3) is 5.91 Å². The van der Waals surface area contributed by atoms with E-state index in [9.17, 15) is 9.59 Å². The lowest BCUT2D eigenvalue weighted by Gasteiger charge is -2.22. The van der Waals surface area contributed by atoms with Crippen LogP contribution in [0.1, 0.15) is 28.2 Å². The third-order valence-corrected chi connectivity index (χ3v) is 4.80. The Morgan fingerprint density at radius 2 is 1.69 bits per heavy atom. The van der Waals surface area contributed by atoms with E-state index >= 15 is 0 Å². The molecule has 3 rings (SSSR count). The number of urea groups is 1. The zero-order chi connectivity index (χ0) is 18.7. The lowest BCUT2D eigenvalue weighted by molar-refractivity contribution is 0.0762. The van der Waals surface area contributed by atoms with Crippen LogP contribution in [0.4, 0.5) is 10.5 Å². The van der Waals surface area contributed by atoms with Crippen molar-refractivity contribution >= 4 is 29.2 Å². The Labute approximate surface area is 158 Å². The molecule has 0 unspecified atom stereocenters. The van der Waals surface area contributed by atoms with Gasteiger partial charge in [-0.15, -0.1) is 0 Å². The largest absolute Gasteiger partial charge is 0.362 e. The summed E-state index contributed by atoms with van der Waals surface area (Å²) in [5.41, 5.74) is 3.27. The maximum absolute atomic E-state index is 12.8. The average molecular weight is 375 g/mol. The maximum atomic E-state index is 12.8. The molecule has 1 aliphatic heterocycles. The minimum absolute atomic E-state index is 0.0202.